The molecule has 0 nitrogen and oxygen atoms in total. The van der Waals surface area contributed by atoms with Crippen LogP contribution in [0.25, 0.3) is 0 Å². The van der Waals surface area contributed by atoms with Crippen LogP contribution in [-0.2, 0) is 0 Å². The molecule has 2 saturated carbocycles. The molecular weight excluding hydrogens is 108 g/mol. The van der Waals surface area contributed by atoms with Gasteiger partial charge < -0.3 is 0 Å². The van der Waals surface area contributed by atoms with Crippen molar-refractivity contribution in [3.05, 3.63) is 0 Å². The fourth-order valence-corrected chi connectivity index (χ4v) is 1.87. The molecule has 0 aromatic heterocycles. The molecule has 2 aliphatic rings. The van der Waals surface area contributed by atoms with E-state index in [0.717, 1.165) is 5.92 Å². The summed E-state index contributed by atoms with van der Waals surface area (Å²) < 4.78 is 0. The molecule has 0 aliphatic heterocycles. The molecule has 2 atom stereocenters. The fourth-order valence-electron chi connectivity index (χ4n) is 1.87. The largest absolute Gasteiger partial charge is 0.0628 e. The molecular formula is C9H16. The van der Waals surface area contributed by atoms with Gasteiger partial charge in [0.05, 0.1) is 0 Å². The van der Waals surface area contributed by atoms with Crippen LogP contribution in [0.2, 0.25) is 0 Å². The van der Waals surface area contributed by atoms with Gasteiger partial charge in [-0.15, -0.1) is 0 Å². The molecule has 0 N–H and O–H groups in total. The Kier molecular flexibility index (Phi) is 1.12. The molecule has 0 saturated heterocycles. The highest BCUT2D eigenvalue weighted by atomic mass is 14.7. The minimum Gasteiger partial charge on any atom is -0.0628 e. The normalized spacial score (nSPS) is 45.0. The van der Waals surface area contributed by atoms with Crippen molar-refractivity contribution in [3.8, 4) is 0 Å². The Labute approximate surface area is 57.6 Å². The molecule has 0 aromatic carbocycles. The summed E-state index contributed by atoms with van der Waals surface area (Å²) in [4.78, 5) is 0. The van der Waals surface area contributed by atoms with Crippen LogP contribution in [0.5, 0.6) is 0 Å². The molecule has 0 heterocycles. The van der Waals surface area contributed by atoms with Crippen LogP contribution in [0.15, 0.2) is 0 Å². The molecule has 2 rings (SSSR count). The van der Waals surface area contributed by atoms with Gasteiger partial charge in [-0.25, -0.2) is 0 Å². The van der Waals surface area contributed by atoms with E-state index >= 15 is 0 Å². The van der Waals surface area contributed by atoms with E-state index in [0.29, 0.717) is 0 Å². The Hall–Kier alpha value is 0. The smallest absolute Gasteiger partial charge is 0.0349 e. The van der Waals surface area contributed by atoms with Gasteiger partial charge >= 0.3 is 0 Å². The monoisotopic (exact) mass is 124 g/mol. The number of hydrogen-bond acceptors (Lipinski definition) is 0. The van der Waals surface area contributed by atoms with Gasteiger partial charge in [-0.3, -0.25) is 0 Å². The molecule has 0 amide bonds. The first-order valence-electron chi connectivity index (χ1n) is 4.29. The molecule has 2 fully saturated rings. The van der Waals surface area contributed by atoms with Crippen molar-refractivity contribution in [2.45, 2.75) is 33.1 Å². The van der Waals surface area contributed by atoms with E-state index in [-0.39, 0.29) is 0 Å². The third kappa shape index (κ3) is 0.997. The first-order chi connectivity index (χ1) is 4.29. The van der Waals surface area contributed by atoms with Crippen LogP contribution in [-0.4, -0.2) is 0 Å². The summed E-state index contributed by atoms with van der Waals surface area (Å²) in [5.41, 5.74) is 0. The highest BCUT2D eigenvalue weighted by Gasteiger charge is 2.62. The zero-order chi connectivity index (χ0) is 6.43. The Morgan fingerprint density at radius 3 is 2.33 bits per heavy atom. The lowest BCUT2D eigenvalue weighted by Crippen LogP contribution is -1.93. The van der Waals surface area contributed by atoms with Crippen molar-refractivity contribution >= 4 is 0 Å². The molecule has 0 spiro atoms. The molecule has 52 valence electrons. The van der Waals surface area contributed by atoms with Crippen molar-refractivity contribution in [3.63, 3.8) is 0 Å². The standard InChI is InChI=1S/C9H16/c1-6(2)3-4-7-8-5-9(7)8/h6-9H,3-5H2,1-2H3. The van der Waals surface area contributed by atoms with E-state index in [1.807, 2.05) is 0 Å². The van der Waals surface area contributed by atoms with E-state index < -0.39 is 0 Å². The first kappa shape index (κ1) is 5.76. The van der Waals surface area contributed by atoms with E-state index in [2.05, 4.69) is 13.8 Å². The van der Waals surface area contributed by atoms with Crippen LogP contribution >= 0.6 is 0 Å². The second-order valence-electron chi connectivity index (χ2n) is 4.20. The molecule has 0 radical (unpaired) electrons. The lowest BCUT2D eigenvalue weighted by Gasteiger charge is -2.05. The predicted molar refractivity (Wildman–Crippen MR) is 39.2 cm³/mol. The minimum atomic E-state index is 0.935. The van der Waals surface area contributed by atoms with E-state index in [4.69, 9.17) is 0 Å². The fraction of sp³-hybridized carbons (Fsp3) is 1.00. The highest BCUT2D eigenvalue weighted by molar-refractivity contribution is 5.11. The lowest BCUT2D eigenvalue weighted by atomic mass is 10.0. The highest BCUT2D eigenvalue weighted by Crippen LogP contribution is 2.69. The topological polar surface area (TPSA) is 0 Å². The van der Waals surface area contributed by atoms with Crippen molar-refractivity contribution in [1.82, 2.24) is 0 Å². The molecule has 2 aliphatic carbocycles. The second-order valence-corrected chi connectivity index (χ2v) is 4.20. The van der Waals surface area contributed by atoms with Crippen LogP contribution in [0.3, 0.4) is 0 Å². The zero-order valence-electron chi connectivity index (χ0n) is 6.43. The van der Waals surface area contributed by atoms with E-state index in [1.54, 1.807) is 6.42 Å². The number of hydrogen-bond donors (Lipinski definition) is 0. The first-order valence-corrected chi connectivity index (χ1v) is 4.29. The summed E-state index contributed by atoms with van der Waals surface area (Å²) in [6.07, 6.45) is 4.59. The van der Waals surface area contributed by atoms with E-state index in [1.165, 1.54) is 30.6 Å². The van der Waals surface area contributed by atoms with E-state index in [9.17, 15) is 0 Å². The molecule has 0 bridgehead atoms. The van der Waals surface area contributed by atoms with Gasteiger partial charge in [0.25, 0.3) is 0 Å². The number of rotatable bonds is 3. The van der Waals surface area contributed by atoms with Crippen molar-refractivity contribution in [2.75, 3.05) is 0 Å². The Balaban J connectivity index is 1.58. The van der Waals surface area contributed by atoms with Crippen molar-refractivity contribution in [1.29, 1.82) is 0 Å². The summed E-state index contributed by atoms with van der Waals surface area (Å²) in [5, 5.41) is 0. The van der Waals surface area contributed by atoms with Gasteiger partial charge in [0.2, 0.25) is 0 Å². The third-order valence-corrected chi connectivity index (χ3v) is 2.93. The second kappa shape index (κ2) is 1.74. The van der Waals surface area contributed by atoms with Crippen molar-refractivity contribution < 1.29 is 0 Å². The summed E-state index contributed by atoms with van der Waals surface area (Å²) in [7, 11) is 0. The molecule has 2 unspecified atom stereocenters. The molecule has 0 heteroatoms. The maximum absolute atomic E-state index is 2.33. The third-order valence-electron chi connectivity index (χ3n) is 2.93. The Morgan fingerprint density at radius 1 is 1.33 bits per heavy atom. The predicted octanol–water partition coefficient (Wildman–Crippen LogP) is 2.69. The average Bonchev–Trinajstić information content (AvgIpc) is 2.46. The number of fused-ring (bicyclic) bond motifs is 1. The van der Waals surface area contributed by atoms with Crippen LogP contribution in [0.1, 0.15) is 33.1 Å². The van der Waals surface area contributed by atoms with Gasteiger partial charge in [-0.1, -0.05) is 20.3 Å². The van der Waals surface area contributed by atoms with Crippen LogP contribution in [0, 0.1) is 23.7 Å². The maximum Gasteiger partial charge on any atom is -0.0349 e. The quantitative estimate of drug-likeness (QED) is 0.542. The lowest BCUT2D eigenvalue weighted by molar-refractivity contribution is 0.470. The van der Waals surface area contributed by atoms with Gasteiger partial charge in [0, 0.05) is 0 Å². The van der Waals surface area contributed by atoms with Crippen LogP contribution < -0.4 is 0 Å². The Morgan fingerprint density at radius 2 is 2.00 bits per heavy atom. The summed E-state index contributed by atoms with van der Waals surface area (Å²) >= 11 is 0. The molecule has 9 heavy (non-hydrogen) atoms. The SMILES string of the molecule is CC(C)CCC1C2CC12. The van der Waals surface area contributed by atoms with Crippen molar-refractivity contribution in [2.24, 2.45) is 23.7 Å². The van der Waals surface area contributed by atoms with Gasteiger partial charge in [-0.2, -0.15) is 0 Å². The van der Waals surface area contributed by atoms with Gasteiger partial charge in [-0.05, 0) is 36.5 Å². The minimum absolute atomic E-state index is 0.935. The molecule has 0 aromatic rings. The van der Waals surface area contributed by atoms with Gasteiger partial charge in [0.15, 0.2) is 0 Å². The van der Waals surface area contributed by atoms with Crippen LogP contribution in [0.4, 0.5) is 0 Å². The summed E-state index contributed by atoms with van der Waals surface area (Å²) in [6, 6.07) is 0. The summed E-state index contributed by atoms with van der Waals surface area (Å²) in [5.74, 6) is 4.59. The Bertz CT molecular complexity index is 107. The zero-order valence-corrected chi connectivity index (χ0v) is 6.43. The van der Waals surface area contributed by atoms with Gasteiger partial charge in [0.1, 0.15) is 0 Å². The average molecular weight is 124 g/mol. The maximum atomic E-state index is 2.33. The summed E-state index contributed by atoms with van der Waals surface area (Å²) in [6.45, 7) is 4.65.